The van der Waals surface area contributed by atoms with Gasteiger partial charge >= 0.3 is 0 Å². The number of anilines is 3. The summed E-state index contributed by atoms with van der Waals surface area (Å²) in [6, 6.07) is 12.9. The van der Waals surface area contributed by atoms with Gasteiger partial charge in [0.25, 0.3) is 0 Å². The van der Waals surface area contributed by atoms with Crippen LogP contribution >= 0.6 is 23.1 Å². The van der Waals surface area contributed by atoms with E-state index in [1.54, 1.807) is 25.3 Å². The summed E-state index contributed by atoms with van der Waals surface area (Å²) in [4.78, 5) is 12.6. The summed E-state index contributed by atoms with van der Waals surface area (Å²) in [6.45, 7) is 2.86. The standard InChI is InChI=1S/C20H20N4O4S2/c1-12(18(25)21-14-6-7-16-17(11-14)28-9-8-27-16)29-20-24-23-19(30-20)22-13-4-3-5-15(10-13)26-2/h3-7,10-12H,8-9H2,1-2H3,(H,21,25)(H,22,23)/t12-/m0/s1. The Kier molecular flexibility index (Phi) is 6.24. The molecule has 10 heteroatoms. The van der Waals surface area contributed by atoms with Crippen molar-refractivity contribution in [2.45, 2.75) is 16.5 Å². The highest BCUT2D eigenvalue weighted by molar-refractivity contribution is 8.02. The van der Waals surface area contributed by atoms with Crippen molar-refractivity contribution in [3.05, 3.63) is 42.5 Å². The average Bonchev–Trinajstić information content (AvgIpc) is 3.20. The number of thioether (sulfide) groups is 1. The first-order chi connectivity index (χ1) is 14.6. The van der Waals surface area contributed by atoms with Crippen molar-refractivity contribution in [2.24, 2.45) is 0 Å². The Bertz CT molecular complexity index is 1040. The monoisotopic (exact) mass is 444 g/mol. The Labute approximate surface area is 182 Å². The van der Waals surface area contributed by atoms with Crippen LogP contribution in [0.25, 0.3) is 0 Å². The summed E-state index contributed by atoms with van der Waals surface area (Å²) in [5.74, 6) is 1.95. The van der Waals surface area contributed by atoms with Crippen LogP contribution in [0.4, 0.5) is 16.5 Å². The highest BCUT2D eigenvalue weighted by Crippen LogP contribution is 2.34. The summed E-state index contributed by atoms with van der Waals surface area (Å²) in [5.41, 5.74) is 1.51. The summed E-state index contributed by atoms with van der Waals surface area (Å²) in [7, 11) is 1.62. The number of ether oxygens (including phenoxy) is 3. The molecule has 156 valence electrons. The van der Waals surface area contributed by atoms with Gasteiger partial charge in [0.2, 0.25) is 11.0 Å². The predicted molar refractivity (Wildman–Crippen MR) is 118 cm³/mol. The second-order valence-corrected chi connectivity index (χ2v) is 8.90. The molecule has 1 aromatic heterocycles. The van der Waals surface area contributed by atoms with Crippen LogP contribution in [0.3, 0.4) is 0 Å². The Hall–Kier alpha value is -2.98. The maximum atomic E-state index is 12.6. The third-order valence-electron chi connectivity index (χ3n) is 4.18. The van der Waals surface area contributed by atoms with E-state index in [4.69, 9.17) is 14.2 Å². The van der Waals surface area contributed by atoms with Crippen LogP contribution in [0.1, 0.15) is 6.92 Å². The van der Waals surface area contributed by atoms with E-state index >= 15 is 0 Å². The molecule has 0 saturated carbocycles. The number of nitrogens with zero attached hydrogens (tertiary/aromatic N) is 2. The minimum absolute atomic E-state index is 0.130. The van der Waals surface area contributed by atoms with E-state index in [9.17, 15) is 4.79 Å². The zero-order valence-electron chi connectivity index (χ0n) is 16.4. The molecule has 0 aliphatic carbocycles. The van der Waals surface area contributed by atoms with Crippen molar-refractivity contribution < 1.29 is 19.0 Å². The Morgan fingerprint density at radius 3 is 2.80 bits per heavy atom. The Morgan fingerprint density at radius 2 is 1.97 bits per heavy atom. The van der Waals surface area contributed by atoms with Crippen LogP contribution in [0, 0.1) is 0 Å². The van der Waals surface area contributed by atoms with Crippen molar-refractivity contribution >= 4 is 45.5 Å². The number of carbonyl (C=O) groups is 1. The van der Waals surface area contributed by atoms with Crippen molar-refractivity contribution in [1.29, 1.82) is 0 Å². The molecule has 0 unspecified atom stereocenters. The van der Waals surface area contributed by atoms with Gasteiger partial charge in [-0.15, -0.1) is 10.2 Å². The van der Waals surface area contributed by atoms with Gasteiger partial charge in [0.15, 0.2) is 15.8 Å². The maximum Gasteiger partial charge on any atom is 0.237 e. The number of carbonyl (C=O) groups excluding carboxylic acids is 1. The summed E-state index contributed by atoms with van der Waals surface area (Å²) < 4.78 is 17.0. The van der Waals surface area contributed by atoms with Gasteiger partial charge in [0, 0.05) is 23.5 Å². The molecule has 1 atom stereocenters. The molecule has 3 aromatic rings. The zero-order valence-corrected chi connectivity index (χ0v) is 18.0. The molecule has 30 heavy (non-hydrogen) atoms. The van der Waals surface area contributed by atoms with Gasteiger partial charge < -0.3 is 24.8 Å². The van der Waals surface area contributed by atoms with Gasteiger partial charge in [0.05, 0.1) is 12.4 Å². The van der Waals surface area contributed by atoms with Gasteiger partial charge in [-0.1, -0.05) is 29.2 Å². The average molecular weight is 445 g/mol. The van der Waals surface area contributed by atoms with Crippen LogP contribution in [0.2, 0.25) is 0 Å². The normalized spacial score (nSPS) is 13.4. The fraction of sp³-hybridized carbons (Fsp3) is 0.250. The highest BCUT2D eigenvalue weighted by Gasteiger charge is 2.19. The van der Waals surface area contributed by atoms with Gasteiger partial charge in [-0.25, -0.2) is 0 Å². The van der Waals surface area contributed by atoms with E-state index in [1.807, 2.05) is 31.2 Å². The van der Waals surface area contributed by atoms with E-state index in [1.165, 1.54) is 23.1 Å². The number of hydrogen-bond donors (Lipinski definition) is 2. The molecule has 0 spiro atoms. The number of methoxy groups -OCH3 is 1. The van der Waals surface area contributed by atoms with E-state index in [0.717, 1.165) is 11.4 Å². The van der Waals surface area contributed by atoms with Gasteiger partial charge in [-0.05, 0) is 31.2 Å². The lowest BCUT2D eigenvalue weighted by atomic mass is 10.2. The van der Waals surface area contributed by atoms with Crippen molar-refractivity contribution in [1.82, 2.24) is 10.2 Å². The lowest BCUT2D eigenvalue weighted by Crippen LogP contribution is -2.22. The summed E-state index contributed by atoms with van der Waals surface area (Å²) in [5, 5.41) is 14.7. The van der Waals surface area contributed by atoms with E-state index < -0.39 is 0 Å². The first kappa shape index (κ1) is 20.3. The molecule has 2 aromatic carbocycles. The number of benzene rings is 2. The SMILES string of the molecule is COc1cccc(Nc2nnc(S[C@@H](C)C(=O)Nc3ccc4c(c3)OCCO4)s2)c1. The molecule has 1 amide bonds. The molecule has 0 fully saturated rings. The molecule has 2 heterocycles. The summed E-state index contributed by atoms with van der Waals surface area (Å²) >= 11 is 2.74. The van der Waals surface area contributed by atoms with Gasteiger partial charge in [-0.2, -0.15) is 0 Å². The minimum Gasteiger partial charge on any atom is -0.497 e. The van der Waals surface area contributed by atoms with Gasteiger partial charge in [0.1, 0.15) is 19.0 Å². The molecule has 0 bridgehead atoms. The van der Waals surface area contributed by atoms with Crippen LogP contribution in [-0.2, 0) is 4.79 Å². The highest BCUT2D eigenvalue weighted by atomic mass is 32.2. The fourth-order valence-corrected chi connectivity index (χ4v) is 4.62. The van der Waals surface area contributed by atoms with Crippen LogP contribution < -0.4 is 24.8 Å². The number of nitrogens with one attached hydrogen (secondary N) is 2. The zero-order chi connectivity index (χ0) is 20.9. The molecule has 1 aliphatic heterocycles. The first-order valence-corrected chi connectivity index (χ1v) is 10.9. The number of rotatable bonds is 7. The van der Waals surface area contributed by atoms with Crippen LogP contribution in [0.5, 0.6) is 17.2 Å². The van der Waals surface area contributed by atoms with Crippen LogP contribution in [0.15, 0.2) is 46.8 Å². The second kappa shape index (κ2) is 9.23. The molecule has 1 aliphatic rings. The first-order valence-electron chi connectivity index (χ1n) is 9.22. The van der Waals surface area contributed by atoms with Crippen molar-refractivity contribution in [3.8, 4) is 17.2 Å². The number of hydrogen-bond acceptors (Lipinski definition) is 9. The maximum absolute atomic E-state index is 12.6. The van der Waals surface area contributed by atoms with E-state index in [0.29, 0.717) is 39.9 Å². The molecule has 4 rings (SSSR count). The third-order valence-corrected chi connectivity index (χ3v) is 6.21. The molecule has 2 N–H and O–H groups in total. The number of amides is 1. The lowest BCUT2D eigenvalue weighted by Gasteiger charge is -2.19. The molecule has 8 nitrogen and oxygen atoms in total. The number of aromatic nitrogens is 2. The van der Waals surface area contributed by atoms with Crippen molar-refractivity contribution in [3.63, 3.8) is 0 Å². The second-order valence-electron chi connectivity index (χ2n) is 6.34. The van der Waals surface area contributed by atoms with Gasteiger partial charge in [-0.3, -0.25) is 4.79 Å². The quantitative estimate of drug-likeness (QED) is 0.524. The lowest BCUT2D eigenvalue weighted by molar-refractivity contribution is -0.115. The summed E-state index contributed by atoms with van der Waals surface area (Å²) in [6.07, 6.45) is 0. The molecular weight excluding hydrogens is 424 g/mol. The molecular formula is C20H20N4O4S2. The Balaban J connectivity index is 1.34. The topological polar surface area (TPSA) is 94.6 Å². The van der Waals surface area contributed by atoms with E-state index in [2.05, 4.69) is 20.8 Å². The minimum atomic E-state index is -0.351. The molecule has 0 radical (unpaired) electrons. The predicted octanol–water partition coefficient (Wildman–Crippen LogP) is 4.18. The fourth-order valence-electron chi connectivity index (χ4n) is 2.70. The van der Waals surface area contributed by atoms with Crippen LogP contribution in [-0.4, -0.2) is 41.7 Å². The van der Waals surface area contributed by atoms with E-state index in [-0.39, 0.29) is 11.2 Å². The number of fused-ring (bicyclic) bond motifs is 1. The molecule has 0 saturated heterocycles. The largest absolute Gasteiger partial charge is 0.497 e. The third kappa shape index (κ3) is 4.95. The smallest absolute Gasteiger partial charge is 0.237 e. The van der Waals surface area contributed by atoms with Crippen molar-refractivity contribution in [2.75, 3.05) is 31.0 Å². The Morgan fingerprint density at radius 1 is 1.13 bits per heavy atom.